The maximum absolute atomic E-state index is 5.64. The van der Waals surface area contributed by atoms with E-state index in [0.717, 1.165) is 34.6 Å². The number of methoxy groups -OCH3 is 1. The Labute approximate surface area is 97.9 Å². The SMILES string of the molecule is CNC1CCOc2c(Br)cc(OC)cc21. The molecule has 1 unspecified atom stereocenters. The molecule has 4 heteroatoms. The summed E-state index contributed by atoms with van der Waals surface area (Å²) in [6.45, 7) is 0.753. The minimum Gasteiger partial charge on any atom is -0.497 e. The van der Waals surface area contributed by atoms with Gasteiger partial charge in [-0.1, -0.05) is 0 Å². The van der Waals surface area contributed by atoms with Crippen molar-refractivity contribution in [3.05, 3.63) is 22.2 Å². The first-order valence-corrected chi connectivity index (χ1v) is 5.73. The van der Waals surface area contributed by atoms with E-state index in [0.29, 0.717) is 6.04 Å². The third-order valence-corrected chi connectivity index (χ3v) is 3.25. The molecule has 0 fully saturated rings. The van der Waals surface area contributed by atoms with Crippen LogP contribution < -0.4 is 14.8 Å². The smallest absolute Gasteiger partial charge is 0.138 e. The van der Waals surface area contributed by atoms with E-state index < -0.39 is 0 Å². The van der Waals surface area contributed by atoms with Crippen molar-refractivity contribution < 1.29 is 9.47 Å². The Balaban J connectivity index is 2.48. The van der Waals surface area contributed by atoms with Crippen LogP contribution in [0.1, 0.15) is 18.0 Å². The topological polar surface area (TPSA) is 30.5 Å². The number of benzene rings is 1. The second-order valence-corrected chi connectivity index (χ2v) is 4.36. The Hall–Kier alpha value is -0.740. The number of ether oxygens (including phenoxy) is 2. The van der Waals surface area contributed by atoms with E-state index in [9.17, 15) is 0 Å². The molecular weight excluding hydrogens is 258 g/mol. The summed E-state index contributed by atoms with van der Waals surface area (Å²) in [5.41, 5.74) is 1.16. The molecule has 0 bridgehead atoms. The fraction of sp³-hybridized carbons (Fsp3) is 0.455. The molecule has 15 heavy (non-hydrogen) atoms. The molecule has 1 aromatic carbocycles. The molecule has 1 atom stereocenters. The van der Waals surface area contributed by atoms with Gasteiger partial charge in [0.2, 0.25) is 0 Å². The molecule has 1 aliphatic heterocycles. The molecule has 0 aromatic heterocycles. The second kappa shape index (κ2) is 4.41. The van der Waals surface area contributed by atoms with Gasteiger partial charge in [-0.3, -0.25) is 0 Å². The lowest BCUT2D eigenvalue weighted by Gasteiger charge is -2.26. The highest BCUT2D eigenvalue weighted by Gasteiger charge is 2.23. The monoisotopic (exact) mass is 271 g/mol. The molecule has 0 aliphatic carbocycles. The van der Waals surface area contributed by atoms with Gasteiger partial charge in [0.15, 0.2) is 0 Å². The van der Waals surface area contributed by atoms with Gasteiger partial charge in [-0.05, 0) is 35.1 Å². The molecule has 3 nitrogen and oxygen atoms in total. The average molecular weight is 272 g/mol. The summed E-state index contributed by atoms with van der Waals surface area (Å²) in [7, 11) is 3.64. The van der Waals surface area contributed by atoms with Crippen molar-refractivity contribution in [2.45, 2.75) is 12.5 Å². The van der Waals surface area contributed by atoms with Gasteiger partial charge < -0.3 is 14.8 Å². The molecule has 0 spiro atoms. The van der Waals surface area contributed by atoms with Crippen LogP contribution in [0.25, 0.3) is 0 Å². The van der Waals surface area contributed by atoms with Crippen LogP contribution in [-0.2, 0) is 0 Å². The first-order valence-electron chi connectivity index (χ1n) is 4.93. The highest BCUT2D eigenvalue weighted by molar-refractivity contribution is 9.10. The van der Waals surface area contributed by atoms with Crippen molar-refractivity contribution in [3.8, 4) is 11.5 Å². The first kappa shape index (κ1) is 10.8. The Bertz CT molecular complexity index is 368. The molecule has 1 N–H and O–H groups in total. The summed E-state index contributed by atoms with van der Waals surface area (Å²) in [6, 6.07) is 4.30. The Morgan fingerprint density at radius 3 is 3.00 bits per heavy atom. The normalized spacial score (nSPS) is 19.3. The Morgan fingerprint density at radius 2 is 2.33 bits per heavy atom. The molecule has 0 saturated carbocycles. The predicted octanol–water partition coefficient (Wildman–Crippen LogP) is 2.50. The van der Waals surface area contributed by atoms with Gasteiger partial charge in [-0.15, -0.1) is 0 Å². The van der Waals surface area contributed by atoms with Gasteiger partial charge in [0.1, 0.15) is 11.5 Å². The van der Waals surface area contributed by atoms with E-state index >= 15 is 0 Å². The van der Waals surface area contributed by atoms with Crippen LogP contribution in [0.15, 0.2) is 16.6 Å². The minimum atomic E-state index is 0.347. The van der Waals surface area contributed by atoms with Crippen molar-refractivity contribution in [1.82, 2.24) is 5.32 Å². The molecule has 1 aliphatic rings. The molecule has 0 saturated heterocycles. The Kier molecular flexibility index (Phi) is 3.17. The van der Waals surface area contributed by atoms with Gasteiger partial charge in [0.25, 0.3) is 0 Å². The summed E-state index contributed by atoms with van der Waals surface area (Å²) < 4.78 is 11.8. The zero-order chi connectivity index (χ0) is 10.8. The summed E-state index contributed by atoms with van der Waals surface area (Å²) in [4.78, 5) is 0. The lowest BCUT2D eigenvalue weighted by Crippen LogP contribution is -2.24. The summed E-state index contributed by atoms with van der Waals surface area (Å²) >= 11 is 3.50. The zero-order valence-electron chi connectivity index (χ0n) is 8.84. The van der Waals surface area contributed by atoms with Crippen LogP contribution in [0, 0.1) is 0 Å². The molecular formula is C11H14BrNO2. The van der Waals surface area contributed by atoms with Gasteiger partial charge >= 0.3 is 0 Å². The number of halogens is 1. The van der Waals surface area contributed by atoms with Crippen LogP contribution in [0.3, 0.4) is 0 Å². The van der Waals surface area contributed by atoms with Crippen molar-refractivity contribution in [2.75, 3.05) is 20.8 Å². The standard InChI is InChI=1S/C11H14BrNO2/c1-13-10-3-4-15-11-8(10)5-7(14-2)6-9(11)12/h5-6,10,13H,3-4H2,1-2H3. The van der Waals surface area contributed by atoms with E-state index in [1.54, 1.807) is 7.11 Å². The van der Waals surface area contributed by atoms with Crippen molar-refractivity contribution in [2.24, 2.45) is 0 Å². The van der Waals surface area contributed by atoms with Gasteiger partial charge in [0, 0.05) is 18.0 Å². The fourth-order valence-corrected chi connectivity index (χ4v) is 2.42. The third-order valence-electron chi connectivity index (χ3n) is 2.66. The van der Waals surface area contributed by atoms with E-state index in [1.807, 2.05) is 19.2 Å². The largest absolute Gasteiger partial charge is 0.497 e. The van der Waals surface area contributed by atoms with Gasteiger partial charge in [-0.25, -0.2) is 0 Å². The van der Waals surface area contributed by atoms with Crippen LogP contribution in [0.5, 0.6) is 11.5 Å². The summed E-state index contributed by atoms with van der Waals surface area (Å²) in [5.74, 6) is 1.78. The second-order valence-electron chi connectivity index (χ2n) is 3.51. The van der Waals surface area contributed by atoms with Crippen molar-refractivity contribution in [1.29, 1.82) is 0 Å². The zero-order valence-corrected chi connectivity index (χ0v) is 10.4. The van der Waals surface area contributed by atoms with E-state index in [-0.39, 0.29) is 0 Å². The van der Waals surface area contributed by atoms with Crippen molar-refractivity contribution >= 4 is 15.9 Å². The number of fused-ring (bicyclic) bond motifs is 1. The highest BCUT2D eigenvalue weighted by atomic mass is 79.9. The number of hydrogen-bond acceptors (Lipinski definition) is 3. The van der Waals surface area contributed by atoms with Crippen LogP contribution in [0.2, 0.25) is 0 Å². The highest BCUT2D eigenvalue weighted by Crippen LogP contribution is 2.40. The average Bonchev–Trinajstić information content (AvgIpc) is 2.28. The lowest BCUT2D eigenvalue weighted by atomic mass is 10.0. The fourth-order valence-electron chi connectivity index (χ4n) is 1.85. The van der Waals surface area contributed by atoms with Gasteiger partial charge in [0.05, 0.1) is 18.2 Å². The maximum Gasteiger partial charge on any atom is 0.138 e. The summed E-state index contributed by atoms with van der Waals surface area (Å²) in [6.07, 6.45) is 0.989. The van der Waals surface area contributed by atoms with Gasteiger partial charge in [-0.2, -0.15) is 0 Å². The quantitative estimate of drug-likeness (QED) is 0.897. The molecule has 0 amide bonds. The number of hydrogen-bond donors (Lipinski definition) is 1. The van der Waals surface area contributed by atoms with Crippen LogP contribution in [-0.4, -0.2) is 20.8 Å². The van der Waals surface area contributed by atoms with E-state index in [1.165, 1.54) is 0 Å². The van der Waals surface area contributed by atoms with E-state index in [4.69, 9.17) is 9.47 Å². The van der Waals surface area contributed by atoms with E-state index in [2.05, 4.69) is 21.2 Å². The predicted molar refractivity (Wildman–Crippen MR) is 62.6 cm³/mol. The molecule has 2 rings (SSSR count). The Morgan fingerprint density at radius 1 is 1.53 bits per heavy atom. The molecule has 1 heterocycles. The minimum absolute atomic E-state index is 0.347. The molecule has 0 radical (unpaired) electrons. The molecule has 1 aromatic rings. The van der Waals surface area contributed by atoms with Crippen molar-refractivity contribution in [3.63, 3.8) is 0 Å². The lowest BCUT2D eigenvalue weighted by molar-refractivity contribution is 0.254. The van der Waals surface area contributed by atoms with Crippen LogP contribution in [0.4, 0.5) is 0 Å². The number of rotatable bonds is 2. The number of nitrogens with one attached hydrogen (secondary N) is 1. The third kappa shape index (κ3) is 1.96. The first-order chi connectivity index (χ1) is 7.26. The molecule has 82 valence electrons. The van der Waals surface area contributed by atoms with Crippen LogP contribution >= 0.6 is 15.9 Å². The maximum atomic E-state index is 5.64. The summed E-state index contributed by atoms with van der Waals surface area (Å²) in [5, 5.41) is 3.28.